The molecule has 0 bridgehead atoms. The van der Waals surface area contributed by atoms with Gasteiger partial charge in [-0.05, 0) is 46.1 Å². The molecule has 2 rings (SSSR count). The van der Waals surface area contributed by atoms with E-state index < -0.39 is 5.54 Å². The smallest absolute Gasteiger partial charge is 0.326 e. The van der Waals surface area contributed by atoms with Gasteiger partial charge < -0.3 is 4.74 Å². The summed E-state index contributed by atoms with van der Waals surface area (Å²) in [7, 11) is 1.95. The van der Waals surface area contributed by atoms with Gasteiger partial charge in [0.25, 0.3) is 0 Å². The molecular formula is C15H25N3O2S. The van der Waals surface area contributed by atoms with Gasteiger partial charge in [0.2, 0.25) is 0 Å². The van der Waals surface area contributed by atoms with Crippen LogP contribution in [0.2, 0.25) is 0 Å². The van der Waals surface area contributed by atoms with E-state index in [1.807, 2.05) is 32.5 Å². The van der Waals surface area contributed by atoms with E-state index in [0.29, 0.717) is 12.6 Å². The molecule has 1 aromatic rings. The predicted octanol–water partition coefficient (Wildman–Crippen LogP) is 2.28. The van der Waals surface area contributed by atoms with E-state index in [1.54, 1.807) is 11.8 Å². The second-order valence-corrected chi connectivity index (χ2v) is 6.93. The van der Waals surface area contributed by atoms with Crippen molar-refractivity contribution in [3.05, 3.63) is 11.8 Å². The zero-order valence-electron chi connectivity index (χ0n) is 13.3. The Morgan fingerprint density at radius 2 is 2.33 bits per heavy atom. The van der Waals surface area contributed by atoms with Crippen molar-refractivity contribution >= 4 is 17.7 Å². The molecule has 0 spiro atoms. The minimum Gasteiger partial charge on any atom is -0.465 e. The Morgan fingerprint density at radius 3 is 2.86 bits per heavy atom. The highest BCUT2D eigenvalue weighted by atomic mass is 32.2. The average molecular weight is 311 g/mol. The third kappa shape index (κ3) is 4.48. The van der Waals surface area contributed by atoms with Crippen LogP contribution in [-0.4, -0.2) is 39.7 Å². The topological polar surface area (TPSA) is 56.1 Å². The summed E-state index contributed by atoms with van der Waals surface area (Å²) < 4.78 is 7.12. The highest BCUT2D eigenvalue weighted by Gasteiger charge is 2.39. The molecule has 0 aromatic carbocycles. The molecule has 0 radical (unpaired) electrons. The van der Waals surface area contributed by atoms with Gasteiger partial charge in [-0.15, -0.1) is 11.8 Å². The van der Waals surface area contributed by atoms with Crippen molar-refractivity contribution in [2.75, 3.05) is 12.4 Å². The molecule has 6 heteroatoms. The van der Waals surface area contributed by atoms with E-state index in [4.69, 9.17) is 4.74 Å². The number of aromatic nitrogens is 2. The van der Waals surface area contributed by atoms with Gasteiger partial charge in [-0.25, -0.2) is 0 Å². The van der Waals surface area contributed by atoms with Crippen molar-refractivity contribution in [1.29, 1.82) is 0 Å². The fraction of sp³-hybridized carbons (Fsp3) is 0.733. The Balaban J connectivity index is 1.91. The molecule has 1 aliphatic carbocycles. The molecule has 0 saturated heterocycles. The number of ether oxygens (including phenoxy) is 1. The molecular weight excluding hydrogens is 286 g/mol. The number of nitrogens with one attached hydrogen (secondary N) is 1. The third-order valence-electron chi connectivity index (χ3n) is 3.64. The maximum atomic E-state index is 12.2. The van der Waals surface area contributed by atoms with Crippen molar-refractivity contribution in [3.63, 3.8) is 0 Å². The lowest BCUT2D eigenvalue weighted by molar-refractivity contribution is -0.150. The number of rotatable bonds is 8. The summed E-state index contributed by atoms with van der Waals surface area (Å²) in [5.41, 5.74) is 0.432. The van der Waals surface area contributed by atoms with Gasteiger partial charge >= 0.3 is 5.97 Å². The zero-order chi connectivity index (χ0) is 15.5. The molecule has 0 amide bonds. The Morgan fingerprint density at radius 1 is 1.62 bits per heavy atom. The van der Waals surface area contributed by atoms with Crippen LogP contribution >= 0.6 is 11.8 Å². The second kappa shape index (κ2) is 6.83. The summed E-state index contributed by atoms with van der Waals surface area (Å²) in [6.45, 7) is 6.22. The molecule has 5 nitrogen and oxygen atoms in total. The van der Waals surface area contributed by atoms with E-state index >= 15 is 0 Å². The van der Waals surface area contributed by atoms with Gasteiger partial charge in [0.15, 0.2) is 0 Å². The number of nitrogens with zero attached hydrogens (tertiary/aromatic N) is 2. The van der Waals surface area contributed by atoms with Gasteiger partial charge in [-0.3, -0.25) is 14.8 Å². The first-order valence-corrected chi connectivity index (χ1v) is 8.51. The summed E-state index contributed by atoms with van der Waals surface area (Å²) in [6, 6.07) is 2.55. The van der Waals surface area contributed by atoms with Crippen LogP contribution in [0.1, 0.15) is 38.8 Å². The van der Waals surface area contributed by atoms with E-state index in [9.17, 15) is 4.79 Å². The van der Waals surface area contributed by atoms with Crippen molar-refractivity contribution < 1.29 is 9.53 Å². The molecule has 21 heavy (non-hydrogen) atoms. The van der Waals surface area contributed by atoms with Crippen molar-refractivity contribution in [2.24, 2.45) is 7.05 Å². The summed E-state index contributed by atoms with van der Waals surface area (Å²) in [5, 5.41) is 8.92. The normalized spacial score (nSPS) is 17.5. The van der Waals surface area contributed by atoms with E-state index in [1.165, 1.54) is 0 Å². The van der Waals surface area contributed by atoms with Crippen LogP contribution in [0.3, 0.4) is 0 Å². The van der Waals surface area contributed by atoms with Crippen LogP contribution in [0.25, 0.3) is 0 Å². The van der Waals surface area contributed by atoms with Crippen LogP contribution in [-0.2, 0) is 16.6 Å². The van der Waals surface area contributed by atoms with Crippen LogP contribution in [0.4, 0.5) is 0 Å². The highest BCUT2D eigenvalue weighted by molar-refractivity contribution is 7.99. The number of aryl methyl sites for hydroxylation is 2. The predicted molar refractivity (Wildman–Crippen MR) is 84.5 cm³/mol. The molecule has 1 N–H and O–H groups in total. The number of carbonyl (C=O) groups excluding carboxylic acids is 1. The Kier molecular flexibility index (Phi) is 5.32. The number of hydrogen-bond acceptors (Lipinski definition) is 5. The summed E-state index contributed by atoms with van der Waals surface area (Å²) in [4.78, 5) is 12.2. The highest BCUT2D eigenvalue weighted by Crippen LogP contribution is 2.27. The van der Waals surface area contributed by atoms with Crippen molar-refractivity contribution in [1.82, 2.24) is 15.1 Å². The lowest BCUT2D eigenvalue weighted by Gasteiger charge is -2.28. The van der Waals surface area contributed by atoms with Crippen LogP contribution in [0.15, 0.2) is 11.1 Å². The number of hydrogen-bond donors (Lipinski definition) is 1. The summed E-state index contributed by atoms with van der Waals surface area (Å²) in [6.07, 6.45) is 3.06. The fourth-order valence-corrected chi connectivity index (χ4v) is 3.48. The molecule has 1 aliphatic rings. The minimum absolute atomic E-state index is 0.140. The first kappa shape index (κ1) is 16.4. The summed E-state index contributed by atoms with van der Waals surface area (Å²) >= 11 is 1.73. The van der Waals surface area contributed by atoms with E-state index in [-0.39, 0.29) is 5.97 Å². The van der Waals surface area contributed by atoms with E-state index in [2.05, 4.69) is 16.5 Å². The van der Waals surface area contributed by atoms with Gasteiger partial charge in [-0.1, -0.05) is 0 Å². The average Bonchev–Trinajstić information content (AvgIpc) is 3.15. The largest absolute Gasteiger partial charge is 0.465 e. The first-order valence-electron chi connectivity index (χ1n) is 7.53. The van der Waals surface area contributed by atoms with E-state index in [0.717, 1.165) is 35.7 Å². The van der Waals surface area contributed by atoms with Crippen LogP contribution in [0.5, 0.6) is 0 Å². The molecule has 1 heterocycles. The number of carbonyl (C=O) groups is 1. The number of esters is 1. The first-order chi connectivity index (χ1) is 9.94. The van der Waals surface area contributed by atoms with Crippen LogP contribution < -0.4 is 5.32 Å². The Labute approximate surface area is 130 Å². The molecule has 1 saturated carbocycles. The lowest BCUT2D eigenvalue weighted by atomic mass is 9.99. The standard InChI is InChI=1S/C15H25N3O2S/c1-5-20-14(19)15(3,16-12-6-7-12)8-9-21-13-10-11(2)17-18(13)4/h10,12,16H,5-9H2,1-4H3. The molecule has 1 unspecified atom stereocenters. The molecule has 1 fully saturated rings. The van der Waals surface area contributed by atoms with Gasteiger partial charge in [0, 0.05) is 18.8 Å². The van der Waals surface area contributed by atoms with Crippen LogP contribution in [0, 0.1) is 6.92 Å². The minimum atomic E-state index is -0.586. The SMILES string of the molecule is CCOC(=O)C(C)(CCSc1cc(C)nn1C)NC1CC1. The zero-order valence-corrected chi connectivity index (χ0v) is 14.1. The monoisotopic (exact) mass is 311 g/mol. The maximum absolute atomic E-state index is 12.2. The Bertz CT molecular complexity index is 499. The maximum Gasteiger partial charge on any atom is 0.326 e. The van der Waals surface area contributed by atoms with Crippen molar-refractivity contribution in [2.45, 2.75) is 56.6 Å². The Hall–Kier alpha value is -1.01. The lowest BCUT2D eigenvalue weighted by Crippen LogP contribution is -2.52. The molecule has 0 aliphatic heterocycles. The summed E-state index contributed by atoms with van der Waals surface area (Å²) in [5.74, 6) is 0.715. The van der Waals surface area contributed by atoms with Gasteiger partial charge in [0.1, 0.15) is 5.54 Å². The number of thioether (sulfide) groups is 1. The molecule has 1 atom stereocenters. The second-order valence-electron chi connectivity index (χ2n) is 5.82. The van der Waals surface area contributed by atoms with Gasteiger partial charge in [-0.2, -0.15) is 5.10 Å². The third-order valence-corrected chi connectivity index (χ3v) is 4.72. The molecule has 1 aromatic heterocycles. The molecule has 118 valence electrons. The van der Waals surface area contributed by atoms with Crippen molar-refractivity contribution in [3.8, 4) is 0 Å². The quantitative estimate of drug-likeness (QED) is 0.589. The fourth-order valence-electron chi connectivity index (χ4n) is 2.28. The van der Waals surface area contributed by atoms with Gasteiger partial charge in [0.05, 0.1) is 17.3 Å².